The lowest BCUT2D eigenvalue weighted by atomic mass is 10.0. The van der Waals surface area contributed by atoms with Crippen molar-refractivity contribution in [2.45, 2.75) is 37.5 Å². The van der Waals surface area contributed by atoms with Gasteiger partial charge in [-0.05, 0) is 30.5 Å². The molecule has 0 aromatic heterocycles. The lowest BCUT2D eigenvalue weighted by Gasteiger charge is -2.27. The zero-order valence-corrected chi connectivity index (χ0v) is 12.3. The zero-order chi connectivity index (χ0) is 17.0. The highest BCUT2D eigenvalue weighted by atomic mass is 19.4. The Hall–Kier alpha value is -1.83. The highest BCUT2D eigenvalue weighted by Gasteiger charge is 2.35. The number of hydrogen-bond acceptors (Lipinski definition) is 2. The van der Waals surface area contributed by atoms with E-state index < -0.39 is 30.5 Å². The lowest BCUT2D eigenvalue weighted by Crippen LogP contribution is -2.46. The van der Waals surface area contributed by atoms with E-state index in [1.165, 1.54) is 17.0 Å². The van der Waals surface area contributed by atoms with Crippen molar-refractivity contribution in [2.24, 2.45) is 0 Å². The van der Waals surface area contributed by atoms with Crippen LogP contribution in [0.25, 0.3) is 0 Å². The fraction of sp³-hybridized carbons (Fsp3) is 0.533. The SMILES string of the molecule is O=C(NC(CC(F)(F)F)c1ccc(F)cc1)N1CCC[C@H]1CO. The fourth-order valence-electron chi connectivity index (χ4n) is 2.70. The van der Waals surface area contributed by atoms with Crippen LogP contribution in [-0.2, 0) is 0 Å². The van der Waals surface area contributed by atoms with Crippen LogP contribution < -0.4 is 5.32 Å². The van der Waals surface area contributed by atoms with E-state index in [-0.39, 0.29) is 18.2 Å². The normalized spacial score (nSPS) is 19.7. The number of likely N-dealkylation sites (tertiary alicyclic amines) is 1. The molecule has 0 radical (unpaired) electrons. The zero-order valence-electron chi connectivity index (χ0n) is 12.3. The standard InChI is InChI=1S/C15H18F4N2O2/c16-11-5-3-10(4-6-11)13(8-15(17,18)19)20-14(23)21-7-1-2-12(21)9-22/h3-6,12-13,22H,1-2,7-9H2,(H,20,23)/t12-,13?/m0/s1. The Kier molecular flexibility index (Phi) is 5.46. The van der Waals surface area contributed by atoms with Crippen LogP contribution in [0.5, 0.6) is 0 Å². The molecule has 1 aromatic rings. The predicted molar refractivity (Wildman–Crippen MR) is 75.2 cm³/mol. The van der Waals surface area contributed by atoms with Crippen molar-refractivity contribution in [2.75, 3.05) is 13.2 Å². The first-order valence-corrected chi connectivity index (χ1v) is 7.30. The second kappa shape index (κ2) is 7.16. The molecular formula is C15H18F4N2O2. The van der Waals surface area contributed by atoms with Gasteiger partial charge in [-0.15, -0.1) is 0 Å². The molecule has 1 aromatic carbocycles. The Morgan fingerprint density at radius 1 is 1.35 bits per heavy atom. The van der Waals surface area contributed by atoms with Crippen LogP contribution in [0.2, 0.25) is 0 Å². The van der Waals surface area contributed by atoms with Gasteiger partial charge in [0, 0.05) is 6.54 Å². The third kappa shape index (κ3) is 4.82. The van der Waals surface area contributed by atoms with E-state index in [1.54, 1.807) is 0 Å². The van der Waals surface area contributed by atoms with Gasteiger partial charge in [-0.25, -0.2) is 9.18 Å². The van der Waals surface area contributed by atoms with Gasteiger partial charge in [0.25, 0.3) is 0 Å². The number of rotatable bonds is 4. The summed E-state index contributed by atoms with van der Waals surface area (Å²) in [6.45, 7) is 0.160. The summed E-state index contributed by atoms with van der Waals surface area (Å²) in [4.78, 5) is 13.6. The molecule has 23 heavy (non-hydrogen) atoms. The highest BCUT2D eigenvalue weighted by Crippen LogP contribution is 2.30. The number of aliphatic hydroxyl groups excluding tert-OH is 1. The molecule has 1 aliphatic heterocycles. The number of hydrogen-bond donors (Lipinski definition) is 2. The molecule has 0 aliphatic carbocycles. The second-order valence-electron chi connectivity index (χ2n) is 5.54. The summed E-state index contributed by atoms with van der Waals surface area (Å²) in [7, 11) is 0. The Bertz CT molecular complexity index is 533. The predicted octanol–water partition coefficient (Wildman–Crippen LogP) is 2.99. The molecule has 1 unspecified atom stereocenters. The summed E-state index contributed by atoms with van der Waals surface area (Å²) in [5.41, 5.74) is 0.178. The summed E-state index contributed by atoms with van der Waals surface area (Å²) in [5, 5.41) is 11.6. The van der Waals surface area contributed by atoms with Gasteiger partial charge in [-0.3, -0.25) is 0 Å². The van der Waals surface area contributed by atoms with Crippen molar-refractivity contribution in [3.63, 3.8) is 0 Å². The van der Waals surface area contributed by atoms with E-state index in [9.17, 15) is 27.5 Å². The van der Waals surface area contributed by atoms with Crippen molar-refractivity contribution in [1.29, 1.82) is 0 Å². The van der Waals surface area contributed by atoms with E-state index in [0.29, 0.717) is 19.4 Å². The van der Waals surface area contributed by atoms with Crippen LogP contribution in [0.3, 0.4) is 0 Å². The lowest BCUT2D eigenvalue weighted by molar-refractivity contribution is -0.139. The topological polar surface area (TPSA) is 52.6 Å². The van der Waals surface area contributed by atoms with E-state index >= 15 is 0 Å². The number of nitrogens with zero attached hydrogens (tertiary/aromatic N) is 1. The number of carbonyl (C=O) groups is 1. The molecular weight excluding hydrogens is 316 g/mol. The summed E-state index contributed by atoms with van der Waals surface area (Å²) in [6, 6.07) is 2.21. The average molecular weight is 334 g/mol. The molecule has 2 rings (SSSR count). The molecule has 2 atom stereocenters. The van der Waals surface area contributed by atoms with Gasteiger partial charge < -0.3 is 15.3 Å². The molecule has 8 heteroatoms. The maximum absolute atomic E-state index is 12.9. The Labute approximate surface area is 131 Å². The number of carbonyl (C=O) groups excluding carboxylic acids is 1. The van der Waals surface area contributed by atoms with Gasteiger partial charge in [-0.1, -0.05) is 12.1 Å². The van der Waals surface area contributed by atoms with Crippen molar-refractivity contribution < 1.29 is 27.5 Å². The third-order valence-corrected chi connectivity index (χ3v) is 3.85. The minimum absolute atomic E-state index is 0.178. The smallest absolute Gasteiger partial charge is 0.391 e. The first-order valence-electron chi connectivity index (χ1n) is 7.30. The first kappa shape index (κ1) is 17.5. The molecule has 4 nitrogen and oxygen atoms in total. The summed E-state index contributed by atoms with van der Waals surface area (Å²) < 4.78 is 51.2. The molecule has 1 aliphatic rings. The summed E-state index contributed by atoms with van der Waals surface area (Å²) in [5.74, 6) is -0.564. The maximum atomic E-state index is 12.9. The van der Waals surface area contributed by atoms with Crippen LogP contribution >= 0.6 is 0 Å². The van der Waals surface area contributed by atoms with Gasteiger partial charge in [-0.2, -0.15) is 13.2 Å². The van der Waals surface area contributed by atoms with Crippen molar-refractivity contribution in [3.05, 3.63) is 35.6 Å². The van der Waals surface area contributed by atoms with Gasteiger partial charge in [0.15, 0.2) is 0 Å². The Morgan fingerprint density at radius 2 is 2.00 bits per heavy atom. The third-order valence-electron chi connectivity index (χ3n) is 3.85. The largest absolute Gasteiger partial charge is 0.394 e. The Balaban J connectivity index is 2.14. The highest BCUT2D eigenvalue weighted by molar-refractivity contribution is 5.75. The van der Waals surface area contributed by atoms with E-state index in [2.05, 4.69) is 5.32 Å². The van der Waals surface area contributed by atoms with Crippen molar-refractivity contribution in [3.8, 4) is 0 Å². The molecule has 1 saturated heterocycles. The summed E-state index contributed by atoms with van der Waals surface area (Å²) >= 11 is 0. The minimum atomic E-state index is -4.48. The van der Waals surface area contributed by atoms with Gasteiger partial charge in [0.2, 0.25) is 0 Å². The molecule has 2 amide bonds. The van der Waals surface area contributed by atoms with Crippen molar-refractivity contribution >= 4 is 6.03 Å². The van der Waals surface area contributed by atoms with Crippen LogP contribution in [0.15, 0.2) is 24.3 Å². The molecule has 0 spiro atoms. The van der Waals surface area contributed by atoms with Gasteiger partial charge in [0.1, 0.15) is 5.82 Å². The number of aliphatic hydroxyl groups is 1. The number of halogens is 4. The molecule has 128 valence electrons. The average Bonchev–Trinajstić information content (AvgIpc) is 2.94. The minimum Gasteiger partial charge on any atom is -0.394 e. The van der Waals surface area contributed by atoms with Gasteiger partial charge >= 0.3 is 12.2 Å². The second-order valence-corrected chi connectivity index (χ2v) is 5.54. The number of urea groups is 1. The number of benzene rings is 1. The summed E-state index contributed by atoms with van der Waals surface area (Å²) in [6.07, 6.45) is -4.42. The molecule has 2 N–H and O–H groups in total. The monoisotopic (exact) mass is 334 g/mol. The number of amides is 2. The van der Waals surface area contributed by atoms with Gasteiger partial charge in [0.05, 0.1) is 25.1 Å². The quantitative estimate of drug-likeness (QED) is 0.832. The molecule has 1 fully saturated rings. The number of nitrogens with one attached hydrogen (secondary N) is 1. The van der Waals surface area contributed by atoms with Crippen LogP contribution in [-0.4, -0.2) is 41.4 Å². The fourth-order valence-corrected chi connectivity index (χ4v) is 2.70. The van der Waals surface area contributed by atoms with Crippen LogP contribution in [0.1, 0.15) is 30.9 Å². The first-order chi connectivity index (χ1) is 10.8. The molecule has 0 saturated carbocycles. The van der Waals surface area contributed by atoms with Crippen LogP contribution in [0.4, 0.5) is 22.4 Å². The maximum Gasteiger partial charge on any atom is 0.391 e. The van der Waals surface area contributed by atoms with Crippen LogP contribution in [0, 0.1) is 5.82 Å². The van der Waals surface area contributed by atoms with Crippen molar-refractivity contribution in [1.82, 2.24) is 10.2 Å². The van der Waals surface area contributed by atoms with E-state index in [0.717, 1.165) is 12.1 Å². The van der Waals surface area contributed by atoms with E-state index in [4.69, 9.17) is 0 Å². The molecule has 0 bridgehead atoms. The number of alkyl halides is 3. The van der Waals surface area contributed by atoms with E-state index in [1.807, 2.05) is 0 Å². The molecule has 1 heterocycles. The Morgan fingerprint density at radius 3 is 2.57 bits per heavy atom.